The molecule has 0 aliphatic rings. The number of aryl methyl sites for hydroxylation is 3. The van der Waals surface area contributed by atoms with E-state index < -0.39 is 10.0 Å². The maximum Gasteiger partial charge on any atom is 0.255 e. The average Bonchev–Trinajstić information content (AvgIpc) is 3.12. The topological polar surface area (TPSA) is 99.0 Å². The molecule has 2 aromatic heterocycles. The lowest BCUT2D eigenvalue weighted by Gasteiger charge is -2.10. The van der Waals surface area contributed by atoms with Crippen molar-refractivity contribution in [1.82, 2.24) is 19.5 Å². The van der Waals surface area contributed by atoms with Gasteiger partial charge in [0.2, 0.25) is 5.88 Å². The number of nitrogens with one attached hydrogen (secondary N) is 1. The summed E-state index contributed by atoms with van der Waals surface area (Å²) in [5.41, 5.74) is 4.24. The summed E-state index contributed by atoms with van der Waals surface area (Å²) in [7, 11) is -3.66. The molecule has 1 N–H and O–H groups in total. The molecular formula is C25H25N5O3S. The Balaban J connectivity index is 1.46. The third-order valence-corrected chi connectivity index (χ3v) is 6.17. The number of aromatic nitrogens is 4. The monoisotopic (exact) mass is 475 g/mol. The third-order valence-electron chi connectivity index (χ3n) is 5.15. The Labute approximate surface area is 199 Å². The number of anilines is 1. The van der Waals surface area contributed by atoms with Crippen LogP contribution in [-0.2, 0) is 10.0 Å². The molecule has 0 aliphatic heterocycles. The molecule has 8 nitrogen and oxygen atoms in total. The molecule has 0 bridgehead atoms. The van der Waals surface area contributed by atoms with E-state index in [0.29, 0.717) is 29.0 Å². The van der Waals surface area contributed by atoms with Crippen LogP contribution in [0, 0.1) is 27.7 Å². The van der Waals surface area contributed by atoms with Crippen LogP contribution in [0.4, 0.5) is 5.69 Å². The normalized spacial score (nSPS) is 11.6. The van der Waals surface area contributed by atoms with E-state index in [4.69, 9.17) is 4.74 Å². The molecular weight excluding hydrogens is 450 g/mol. The SMILES string of the molecule is Cc1ccc(/C=C/S(=O)(=O)Nc2ccc(Oc3cc(-n4cnc(C)c4C)nc(C)n3)cc2)cc1. The van der Waals surface area contributed by atoms with Crippen molar-refractivity contribution < 1.29 is 13.2 Å². The van der Waals surface area contributed by atoms with Gasteiger partial charge in [0.05, 0.1) is 11.1 Å². The van der Waals surface area contributed by atoms with Gasteiger partial charge in [0, 0.05) is 17.4 Å². The van der Waals surface area contributed by atoms with Gasteiger partial charge < -0.3 is 4.74 Å². The van der Waals surface area contributed by atoms with Gasteiger partial charge in [-0.3, -0.25) is 9.29 Å². The second kappa shape index (κ2) is 9.48. The summed E-state index contributed by atoms with van der Waals surface area (Å²) < 4.78 is 35.1. The zero-order valence-corrected chi connectivity index (χ0v) is 20.2. The summed E-state index contributed by atoms with van der Waals surface area (Å²) in [6.07, 6.45) is 3.27. The van der Waals surface area contributed by atoms with E-state index in [-0.39, 0.29) is 0 Å². The highest BCUT2D eigenvalue weighted by molar-refractivity contribution is 7.95. The Morgan fingerprint density at radius 1 is 0.941 bits per heavy atom. The lowest BCUT2D eigenvalue weighted by molar-refractivity contribution is 0.459. The summed E-state index contributed by atoms with van der Waals surface area (Å²) in [5.74, 6) is 2.11. The first-order chi connectivity index (χ1) is 16.2. The van der Waals surface area contributed by atoms with Crippen LogP contribution >= 0.6 is 0 Å². The van der Waals surface area contributed by atoms with Crippen molar-refractivity contribution in [2.24, 2.45) is 0 Å². The zero-order valence-electron chi connectivity index (χ0n) is 19.4. The van der Waals surface area contributed by atoms with Gasteiger partial charge in [-0.25, -0.2) is 18.4 Å². The second-order valence-electron chi connectivity index (χ2n) is 7.88. The van der Waals surface area contributed by atoms with Gasteiger partial charge in [-0.1, -0.05) is 29.8 Å². The molecule has 0 atom stereocenters. The lowest BCUT2D eigenvalue weighted by atomic mass is 10.2. The highest BCUT2D eigenvalue weighted by Gasteiger charge is 2.11. The molecule has 0 fully saturated rings. The van der Waals surface area contributed by atoms with Crippen LogP contribution < -0.4 is 9.46 Å². The van der Waals surface area contributed by atoms with Crippen LogP contribution in [0.5, 0.6) is 11.6 Å². The zero-order chi connectivity index (χ0) is 24.3. The van der Waals surface area contributed by atoms with E-state index >= 15 is 0 Å². The van der Waals surface area contributed by atoms with E-state index in [0.717, 1.165) is 27.9 Å². The van der Waals surface area contributed by atoms with Gasteiger partial charge in [0.1, 0.15) is 23.7 Å². The van der Waals surface area contributed by atoms with Gasteiger partial charge in [-0.2, -0.15) is 4.98 Å². The number of rotatable bonds is 7. The number of sulfonamides is 1. The Morgan fingerprint density at radius 2 is 1.65 bits per heavy atom. The summed E-state index contributed by atoms with van der Waals surface area (Å²) in [6, 6.07) is 15.9. The van der Waals surface area contributed by atoms with E-state index in [1.54, 1.807) is 49.7 Å². The number of imidazole rings is 1. The van der Waals surface area contributed by atoms with E-state index in [9.17, 15) is 8.42 Å². The minimum atomic E-state index is -3.66. The smallest absolute Gasteiger partial charge is 0.255 e. The van der Waals surface area contributed by atoms with E-state index in [1.165, 1.54) is 0 Å². The number of ether oxygens (including phenoxy) is 1. The molecule has 0 radical (unpaired) electrons. The molecule has 2 aromatic carbocycles. The van der Waals surface area contributed by atoms with Gasteiger partial charge >= 0.3 is 0 Å². The molecule has 34 heavy (non-hydrogen) atoms. The highest BCUT2D eigenvalue weighted by Crippen LogP contribution is 2.24. The van der Waals surface area contributed by atoms with Gasteiger partial charge in [-0.05, 0) is 63.6 Å². The highest BCUT2D eigenvalue weighted by atomic mass is 32.2. The fourth-order valence-corrected chi connectivity index (χ4v) is 4.06. The van der Waals surface area contributed by atoms with Crippen molar-refractivity contribution in [3.05, 3.63) is 94.7 Å². The van der Waals surface area contributed by atoms with E-state index in [2.05, 4.69) is 19.7 Å². The Bertz CT molecular complexity index is 1440. The van der Waals surface area contributed by atoms with Crippen molar-refractivity contribution in [1.29, 1.82) is 0 Å². The molecule has 0 aliphatic carbocycles. The molecule has 9 heteroatoms. The Morgan fingerprint density at radius 3 is 2.29 bits per heavy atom. The van der Waals surface area contributed by atoms with Crippen LogP contribution in [-0.4, -0.2) is 27.9 Å². The molecule has 4 rings (SSSR count). The minimum absolute atomic E-state index is 0.377. The molecule has 0 saturated carbocycles. The summed E-state index contributed by atoms with van der Waals surface area (Å²) in [6.45, 7) is 7.67. The number of hydrogen-bond acceptors (Lipinski definition) is 6. The predicted molar refractivity (Wildman–Crippen MR) is 133 cm³/mol. The maximum absolute atomic E-state index is 12.4. The molecule has 0 spiro atoms. The molecule has 174 valence electrons. The summed E-state index contributed by atoms with van der Waals surface area (Å²) in [4.78, 5) is 13.1. The van der Waals surface area contributed by atoms with Crippen molar-refractivity contribution in [3.8, 4) is 17.4 Å². The van der Waals surface area contributed by atoms with Crippen LogP contribution in [0.3, 0.4) is 0 Å². The van der Waals surface area contributed by atoms with Gasteiger partial charge in [0.25, 0.3) is 10.0 Å². The van der Waals surface area contributed by atoms with Gasteiger partial charge in [0.15, 0.2) is 0 Å². The first-order valence-corrected chi connectivity index (χ1v) is 12.2. The Hall–Kier alpha value is -3.98. The maximum atomic E-state index is 12.4. The largest absolute Gasteiger partial charge is 0.439 e. The fraction of sp³-hybridized carbons (Fsp3) is 0.160. The standard InChI is InChI=1S/C25H25N5O3S/c1-17-5-7-21(8-6-17)13-14-34(31,32)29-22-9-11-23(12-10-22)33-25-15-24(27-20(4)28-25)30-16-26-18(2)19(30)3/h5-16,29H,1-4H3/b14-13+. The van der Waals surface area contributed by atoms with Crippen LogP contribution in [0.25, 0.3) is 11.9 Å². The first kappa shape index (κ1) is 23.2. The molecule has 0 saturated heterocycles. The molecule has 4 aromatic rings. The van der Waals surface area contributed by atoms with Crippen molar-refractivity contribution >= 4 is 21.8 Å². The Kier molecular flexibility index (Phi) is 6.47. The molecule has 0 unspecified atom stereocenters. The van der Waals surface area contributed by atoms with Crippen molar-refractivity contribution in [3.63, 3.8) is 0 Å². The molecule has 0 amide bonds. The van der Waals surface area contributed by atoms with Crippen LogP contribution in [0.2, 0.25) is 0 Å². The first-order valence-electron chi connectivity index (χ1n) is 10.6. The number of benzene rings is 2. The fourth-order valence-electron chi connectivity index (χ4n) is 3.19. The lowest BCUT2D eigenvalue weighted by Crippen LogP contribution is -2.08. The number of nitrogens with zero attached hydrogens (tertiary/aromatic N) is 4. The summed E-state index contributed by atoms with van der Waals surface area (Å²) in [5, 5.41) is 1.15. The minimum Gasteiger partial charge on any atom is -0.439 e. The second-order valence-corrected chi connectivity index (χ2v) is 9.45. The number of hydrogen-bond donors (Lipinski definition) is 1. The summed E-state index contributed by atoms with van der Waals surface area (Å²) >= 11 is 0. The molecule has 2 heterocycles. The van der Waals surface area contributed by atoms with E-state index in [1.807, 2.05) is 49.6 Å². The van der Waals surface area contributed by atoms with Crippen LogP contribution in [0.15, 0.2) is 66.3 Å². The third kappa shape index (κ3) is 5.68. The van der Waals surface area contributed by atoms with Gasteiger partial charge in [-0.15, -0.1) is 0 Å². The average molecular weight is 476 g/mol. The predicted octanol–water partition coefficient (Wildman–Crippen LogP) is 5.10. The quantitative estimate of drug-likeness (QED) is 0.399. The van der Waals surface area contributed by atoms with Crippen molar-refractivity contribution in [2.45, 2.75) is 27.7 Å². The van der Waals surface area contributed by atoms with Crippen LogP contribution in [0.1, 0.15) is 28.3 Å². The van der Waals surface area contributed by atoms with Crippen molar-refractivity contribution in [2.75, 3.05) is 4.72 Å².